The molecule has 5 heteroatoms. The quantitative estimate of drug-likeness (QED) is 0.794. The predicted molar refractivity (Wildman–Crippen MR) is 75.6 cm³/mol. The summed E-state index contributed by atoms with van der Waals surface area (Å²) in [5.74, 6) is 0.604. The molecule has 1 aliphatic heterocycles. The summed E-state index contributed by atoms with van der Waals surface area (Å²) >= 11 is 0. The van der Waals surface area contributed by atoms with Gasteiger partial charge in [0, 0.05) is 24.6 Å². The van der Waals surface area contributed by atoms with Gasteiger partial charge in [-0.1, -0.05) is 12.7 Å². The van der Waals surface area contributed by atoms with Crippen LogP contribution in [0.1, 0.15) is 23.2 Å². The van der Waals surface area contributed by atoms with E-state index >= 15 is 0 Å². The van der Waals surface area contributed by atoms with Gasteiger partial charge in [0.15, 0.2) is 0 Å². The molecule has 1 aromatic rings. The molecule has 1 fully saturated rings. The van der Waals surface area contributed by atoms with Gasteiger partial charge in [0.25, 0.3) is 5.91 Å². The van der Waals surface area contributed by atoms with Gasteiger partial charge in [-0.25, -0.2) is 0 Å². The number of carbonyl (C=O) groups is 2. The molecule has 1 heterocycles. The summed E-state index contributed by atoms with van der Waals surface area (Å²) < 4.78 is 5.35. The molecule has 2 rings (SSSR count). The lowest BCUT2D eigenvalue weighted by molar-refractivity contribution is -0.122. The highest BCUT2D eigenvalue weighted by molar-refractivity contribution is 5.94. The van der Waals surface area contributed by atoms with E-state index in [1.165, 1.54) is 0 Å². The maximum Gasteiger partial charge on any atom is 0.251 e. The average molecular weight is 274 g/mol. The first-order valence-corrected chi connectivity index (χ1v) is 6.60. The molecule has 20 heavy (non-hydrogen) atoms. The summed E-state index contributed by atoms with van der Waals surface area (Å²) in [7, 11) is 0. The Labute approximate surface area is 118 Å². The van der Waals surface area contributed by atoms with Crippen molar-refractivity contribution in [2.45, 2.75) is 18.9 Å². The molecular weight excluding hydrogens is 256 g/mol. The van der Waals surface area contributed by atoms with Gasteiger partial charge >= 0.3 is 0 Å². The molecule has 1 atom stereocenters. The molecule has 1 aliphatic rings. The van der Waals surface area contributed by atoms with Crippen LogP contribution in [0, 0.1) is 0 Å². The Hall–Kier alpha value is -2.30. The third-order valence-corrected chi connectivity index (χ3v) is 3.09. The van der Waals surface area contributed by atoms with Crippen LogP contribution in [0.4, 0.5) is 0 Å². The lowest BCUT2D eigenvalue weighted by Gasteiger charge is -2.23. The normalized spacial score (nSPS) is 18.0. The first-order chi connectivity index (χ1) is 9.69. The third-order valence-electron chi connectivity index (χ3n) is 3.09. The molecule has 1 unspecified atom stereocenters. The summed E-state index contributed by atoms with van der Waals surface area (Å²) in [4.78, 5) is 23.1. The highest BCUT2D eigenvalue weighted by Crippen LogP contribution is 2.13. The van der Waals surface area contributed by atoms with Crippen molar-refractivity contribution < 1.29 is 14.3 Å². The van der Waals surface area contributed by atoms with Crippen molar-refractivity contribution in [2.75, 3.05) is 13.2 Å². The molecule has 0 radical (unpaired) electrons. The number of piperidine rings is 1. The monoisotopic (exact) mass is 274 g/mol. The van der Waals surface area contributed by atoms with Gasteiger partial charge in [-0.05, 0) is 30.7 Å². The maximum absolute atomic E-state index is 12.0. The fourth-order valence-corrected chi connectivity index (χ4v) is 1.98. The summed E-state index contributed by atoms with van der Waals surface area (Å²) in [5, 5.41) is 5.65. The first-order valence-electron chi connectivity index (χ1n) is 6.60. The zero-order valence-corrected chi connectivity index (χ0v) is 11.2. The van der Waals surface area contributed by atoms with Crippen molar-refractivity contribution in [1.29, 1.82) is 0 Å². The van der Waals surface area contributed by atoms with Crippen molar-refractivity contribution in [3.63, 3.8) is 0 Å². The molecule has 2 N–H and O–H groups in total. The molecule has 0 aromatic heterocycles. The molecule has 2 amide bonds. The Bertz CT molecular complexity index is 486. The molecule has 106 valence electrons. The van der Waals surface area contributed by atoms with Gasteiger partial charge in [-0.3, -0.25) is 9.59 Å². The van der Waals surface area contributed by atoms with Crippen LogP contribution in [0.15, 0.2) is 36.9 Å². The van der Waals surface area contributed by atoms with Crippen LogP contribution in [0.2, 0.25) is 0 Å². The highest BCUT2D eigenvalue weighted by atomic mass is 16.5. The van der Waals surface area contributed by atoms with Crippen molar-refractivity contribution in [3.05, 3.63) is 42.5 Å². The zero-order chi connectivity index (χ0) is 14.4. The molecule has 0 aliphatic carbocycles. The van der Waals surface area contributed by atoms with Crippen molar-refractivity contribution in [3.8, 4) is 5.75 Å². The van der Waals surface area contributed by atoms with E-state index in [4.69, 9.17) is 4.74 Å². The van der Waals surface area contributed by atoms with E-state index in [0.717, 1.165) is 0 Å². The van der Waals surface area contributed by atoms with E-state index in [-0.39, 0.29) is 17.9 Å². The Kier molecular flexibility index (Phi) is 4.76. The summed E-state index contributed by atoms with van der Waals surface area (Å²) in [6.45, 7) is 4.50. The van der Waals surface area contributed by atoms with E-state index in [1.807, 2.05) is 0 Å². The summed E-state index contributed by atoms with van der Waals surface area (Å²) in [6, 6.07) is 6.93. The molecular formula is C15H18N2O3. The number of hydrogen-bond donors (Lipinski definition) is 2. The van der Waals surface area contributed by atoms with E-state index < -0.39 is 0 Å². The minimum Gasteiger partial charge on any atom is -0.490 e. The lowest BCUT2D eigenvalue weighted by atomic mass is 10.1. The van der Waals surface area contributed by atoms with Crippen LogP contribution in [0.3, 0.4) is 0 Å². The first kappa shape index (κ1) is 14.1. The Morgan fingerprint density at radius 3 is 2.80 bits per heavy atom. The van der Waals surface area contributed by atoms with E-state index in [1.54, 1.807) is 30.3 Å². The molecule has 5 nitrogen and oxygen atoms in total. The van der Waals surface area contributed by atoms with Gasteiger partial charge in [0.1, 0.15) is 12.4 Å². The molecule has 1 saturated heterocycles. The van der Waals surface area contributed by atoms with Crippen molar-refractivity contribution >= 4 is 11.8 Å². The van der Waals surface area contributed by atoms with E-state index in [9.17, 15) is 9.59 Å². The minimum absolute atomic E-state index is 0.00288. The standard InChI is InChI=1S/C15H18N2O3/c1-2-9-20-13-6-3-11(4-7-13)15(19)17-12-5-8-14(18)16-10-12/h2-4,6-7,12H,1,5,8-10H2,(H,16,18)(H,17,19). The van der Waals surface area contributed by atoms with Crippen LogP contribution >= 0.6 is 0 Å². The summed E-state index contributed by atoms with van der Waals surface area (Å²) in [6.07, 6.45) is 2.80. The second-order valence-corrected chi connectivity index (χ2v) is 4.64. The number of nitrogens with one attached hydrogen (secondary N) is 2. The lowest BCUT2D eigenvalue weighted by Crippen LogP contribution is -2.47. The van der Waals surface area contributed by atoms with Crippen LogP contribution in [-0.4, -0.2) is 31.0 Å². The van der Waals surface area contributed by atoms with E-state index in [0.29, 0.717) is 37.3 Å². The minimum atomic E-state index is -0.138. The van der Waals surface area contributed by atoms with Gasteiger partial charge < -0.3 is 15.4 Å². The van der Waals surface area contributed by atoms with Crippen LogP contribution < -0.4 is 15.4 Å². The number of carbonyl (C=O) groups excluding carboxylic acids is 2. The molecule has 0 spiro atoms. The maximum atomic E-state index is 12.0. The van der Waals surface area contributed by atoms with Gasteiger partial charge in [0.2, 0.25) is 5.91 Å². The largest absolute Gasteiger partial charge is 0.490 e. The fraction of sp³-hybridized carbons (Fsp3) is 0.333. The van der Waals surface area contributed by atoms with Gasteiger partial charge in [-0.2, -0.15) is 0 Å². The van der Waals surface area contributed by atoms with Gasteiger partial charge in [0.05, 0.1) is 0 Å². The van der Waals surface area contributed by atoms with Crippen molar-refractivity contribution in [1.82, 2.24) is 10.6 Å². The molecule has 1 aromatic carbocycles. The Balaban J connectivity index is 1.88. The third kappa shape index (κ3) is 3.85. The SMILES string of the molecule is C=CCOc1ccc(C(=O)NC2CCC(=O)NC2)cc1. The number of ether oxygens (including phenoxy) is 1. The van der Waals surface area contributed by atoms with Crippen LogP contribution in [0.25, 0.3) is 0 Å². The Morgan fingerprint density at radius 2 is 2.20 bits per heavy atom. The zero-order valence-electron chi connectivity index (χ0n) is 11.2. The smallest absolute Gasteiger partial charge is 0.251 e. The molecule has 0 saturated carbocycles. The molecule has 0 bridgehead atoms. The highest BCUT2D eigenvalue weighted by Gasteiger charge is 2.19. The number of hydrogen-bond acceptors (Lipinski definition) is 3. The Morgan fingerprint density at radius 1 is 1.45 bits per heavy atom. The number of amides is 2. The predicted octanol–water partition coefficient (Wildman–Crippen LogP) is 1.26. The number of benzene rings is 1. The fourth-order valence-electron chi connectivity index (χ4n) is 1.98. The number of rotatable bonds is 5. The second-order valence-electron chi connectivity index (χ2n) is 4.64. The average Bonchev–Trinajstić information content (AvgIpc) is 2.48. The second kappa shape index (κ2) is 6.75. The topological polar surface area (TPSA) is 67.4 Å². The van der Waals surface area contributed by atoms with Crippen LogP contribution in [-0.2, 0) is 4.79 Å². The van der Waals surface area contributed by atoms with Crippen molar-refractivity contribution in [2.24, 2.45) is 0 Å². The van der Waals surface area contributed by atoms with E-state index in [2.05, 4.69) is 17.2 Å². The summed E-state index contributed by atoms with van der Waals surface area (Å²) in [5.41, 5.74) is 0.577. The van der Waals surface area contributed by atoms with Gasteiger partial charge in [-0.15, -0.1) is 0 Å². The van der Waals surface area contributed by atoms with Crippen LogP contribution in [0.5, 0.6) is 5.75 Å².